The number of likely N-dealkylation sites (N-methyl/N-ethyl adjacent to an activating group) is 1. The first-order chi connectivity index (χ1) is 11.6. The van der Waals surface area contributed by atoms with Gasteiger partial charge in [0.05, 0.1) is 19.4 Å². The standard InChI is InChI=1S/C19H25N3O2/c1-16-5-3-6-17(13-16)22-10-8-21(9-11-22)15-19(23)20(2)14-18-7-4-12-24-18/h3-7,12-13H,8-11,14-15H2,1-2H3. The number of furan rings is 1. The van der Waals surface area contributed by atoms with Gasteiger partial charge in [-0.05, 0) is 36.8 Å². The van der Waals surface area contributed by atoms with Gasteiger partial charge >= 0.3 is 0 Å². The molecule has 0 aliphatic carbocycles. The number of piperazine rings is 1. The highest BCUT2D eigenvalue weighted by Gasteiger charge is 2.21. The lowest BCUT2D eigenvalue weighted by atomic mass is 10.2. The summed E-state index contributed by atoms with van der Waals surface area (Å²) >= 11 is 0. The van der Waals surface area contributed by atoms with Gasteiger partial charge in [0.25, 0.3) is 0 Å². The Morgan fingerprint density at radius 1 is 1.17 bits per heavy atom. The Labute approximate surface area is 143 Å². The van der Waals surface area contributed by atoms with Crippen LogP contribution in [0.3, 0.4) is 0 Å². The van der Waals surface area contributed by atoms with Crippen LogP contribution in [-0.2, 0) is 11.3 Å². The van der Waals surface area contributed by atoms with E-state index in [1.165, 1.54) is 11.3 Å². The van der Waals surface area contributed by atoms with E-state index in [-0.39, 0.29) is 5.91 Å². The van der Waals surface area contributed by atoms with Gasteiger partial charge in [0.15, 0.2) is 0 Å². The molecule has 128 valence electrons. The Balaban J connectivity index is 1.47. The van der Waals surface area contributed by atoms with Crippen molar-refractivity contribution in [2.75, 3.05) is 44.7 Å². The first-order valence-electron chi connectivity index (χ1n) is 8.42. The number of hydrogen-bond donors (Lipinski definition) is 0. The summed E-state index contributed by atoms with van der Waals surface area (Å²) in [7, 11) is 1.83. The predicted octanol–water partition coefficient (Wildman–Crippen LogP) is 2.37. The maximum absolute atomic E-state index is 12.4. The summed E-state index contributed by atoms with van der Waals surface area (Å²) in [5.41, 5.74) is 2.56. The number of benzene rings is 1. The average Bonchev–Trinajstić information content (AvgIpc) is 3.08. The summed E-state index contributed by atoms with van der Waals surface area (Å²) in [6.07, 6.45) is 1.64. The number of carbonyl (C=O) groups is 1. The van der Waals surface area contributed by atoms with E-state index in [1.54, 1.807) is 11.2 Å². The van der Waals surface area contributed by atoms with Crippen molar-refractivity contribution in [3.05, 3.63) is 54.0 Å². The minimum atomic E-state index is 0.135. The molecule has 1 fully saturated rings. The van der Waals surface area contributed by atoms with E-state index in [4.69, 9.17) is 4.42 Å². The normalized spacial score (nSPS) is 15.5. The van der Waals surface area contributed by atoms with E-state index < -0.39 is 0 Å². The Morgan fingerprint density at radius 2 is 1.96 bits per heavy atom. The fraction of sp³-hybridized carbons (Fsp3) is 0.421. The van der Waals surface area contributed by atoms with E-state index in [0.717, 1.165) is 31.9 Å². The Kier molecular flexibility index (Phi) is 5.20. The molecule has 3 rings (SSSR count). The largest absolute Gasteiger partial charge is 0.467 e. The summed E-state index contributed by atoms with van der Waals surface area (Å²) in [4.78, 5) is 18.7. The van der Waals surface area contributed by atoms with Crippen LogP contribution in [0.5, 0.6) is 0 Å². The fourth-order valence-electron chi connectivity index (χ4n) is 3.03. The first kappa shape index (κ1) is 16.6. The van der Waals surface area contributed by atoms with Crippen LogP contribution in [0, 0.1) is 6.92 Å². The maximum atomic E-state index is 12.4. The summed E-state index contributed by atoms with van der Waals surface area (Å²) in [6, 6.07) is 12.3. The molecular weight excluding hydrogens is 302 g/mol. The topological polar surface area (TPSA) is 39.9 Å². The number of rotatable bonds is 5. The average molecular weight is 327 g/mol. The molecule has 1 aliphatic heterocycles. The van der Waals surface area contributed by atoms with Gasteiger partial charge < -0.3 is 14.2 Å². The predicted molar refractivity (Wildman–Crippen MR) is 95.0 cm³/mol. The molecule has 2 aromatic rings. The molecule has 0 atom stereocenters. The van der Waals surface area contributed by atoms with E-state index in [0.29, 0.717) is 13.1 Å². The van der Waals surface area contributed by atoms with Gasteiger partial charge in [-0.25, -0.2) is 0 Å². The second-order valence-electron chi connectivity index (χ2n) is 6.43. The third-order valence-corrected chi connectivity index (χ3v) is 4.50. The van der Waals surface area contributed by atoms with Gasteiger partial charge in [0, 0.05) is 38.9 Å². The molecule has 0 N–H and O–H groups in total. The molecular formula is C19H25N3O2. The van der Waals surface area contributed by atoms with E-state index in [1.807, 2.05) is 19.2 Å². The molecule has 0 unspecified atom stereocenters. The van der Waals surface area contributed by atoms with Crippen LogP contribution >= 0.6 is 0 Å². The van der Waals surface area contributed by atoms with Crippen molar-refractivity contribution in [2.24, 2.45) is 0 Å². The van der Waals surface area contributed by atoms with Gasteiger partial charge in [-0.15, -0.1) is 0 Å². The SMILES string of the molecule is Cc1cccc(N2CCN(CC(=O)N(C)Cc3ccco3)CC2)c1. The van der Waals surface area contributed by atoms with Crippen molar-refractivity contribution in [1.29, 1.82) is 0 Å². The maximum Gasteiger partial charge on any atom is 0.236 e. The zero-order chi connectivity index (χ0) is 16.9. The second kappa shape index (κ2) is 7.53. The Bertz CT molecular complexity index is 661. The zero-order valence-corrected chi connectivity index (χ0v) is 14.4. The number of nitrogens with zero attached hydrogens (tertiary/aromatic N) is 3. The van der Waals surface area contributed by atoms with Crippen LogP contribution in [0.4, 0.5) is 5.69 Å². The monoisotopic (exact) mass is 327 g/mol. The number of amides is 1. The third-order valence-electron chi connectivity index (χ3n) is 4.50. The minimum Gasteiger partial charge on any atom is -0.467 e. The highest BCUT2D eigenvalue weighted by atomic mass is 16.3. The minimum absolute atomic E-state index is 0.135. The van der Waals surface area contributed by atoms with E-state index in [9.17, 15) is 4.79 Å². The van der Waals surface area contributed by atoms with E-state index >= 15 is 0 Å². The van der Waals surface area contributed by atoms with Crippen LogP contribution in [0.1, 0.15) is 11.3 Å². The third kappa shape index (κ3) is 4.17. The van der Waals surface area contributed by atoms with Crippen LogP contribution in [0.15, 0.2) is 47.1 Å². The highest BCUT2D eigenvalue weighted by molar-refractivity contribution is 5.78. The first-order valence-corrected chi connectivity index (χ1v) is 8.42. The molecule has 24 heavy (non-hydrogen) atoms. The highest BCUT2D eigenvalue weighted by Crippen LogP contribution is 2.17. The molecule has 0 saturated carbocycles. The molecule has 1 aliphatic rings. The molecule has 2 heterocycles. The summed E-state index contributed by atoms with van der Waals surface area (Å²) in [6.45, 7) is 6.85. The lowest BCUT2D eigenvalue weighted by Crippen LogP contribution is -2.49. The number of anilines is 1. The summed E-state index contributed by atoms with van der Waals surface area (Å²) in [5, 5.41) is 0. The lowest BCUT2D eigenvalue weighted by Gasteiger charge is -2.36. The number of carbonyl (C=O) groups excluding carboxylic acids is 1. The summed E-state index contributed by atoms with van der Waals surface area (Å²) < 4.78 is 5.30. The molecule has 1 amide bonds. The molecule has 5 heteroatoms. The van der Waals surface area contributed by atoms with Crippen LogP contribution in [0.25, 0.3) is 0 Å². The van der Waals surface area contributed by atoms with Crippen molar-refractivity contribution in [2.45, 2.75) is 13.5 Å². The molecule has 1 aromatic heterocycles. The van der Waals surface area contributed by atoms with Crippen molar-refractivity contribution in [3.63, 3.8) is 0 Å². The van der Waals surface area contributed by atoms with Crippen molar-refractivity contribution >= 4 is 11.6 Å². The van der Waals surface area contributed by atoms with Gasteiger partial charge in [-0.1, -0.05) is 12.1 Å². The molecule has 1 aromatic carbocycles. The van der Waals surface area contributed by atoms with Crippen LogP contribution in [-0.4, -0.2) is 55.5 Å². The fourth-order valence-corrected chi connectivity index (χ4v) is 3.03. The molecule has 0 bridgehead atoms. The number of aryl methyl sites for hydroxylation is 1. The van der Waals surface area contributed by atoms with Crippen molar-refractivity contribution in [1.82, 2.24) is 9.80 Å². The van der Waals surface area contributed by atoms with Gasteiger partial charge in [0.2, 0.25) is 5.91 Å². The van der Waals surface area contributed by atoms with Gasteiger partial charge in [-0.2, -0.15) is 0 Å². The molecule has 0 radical (unpaired) electrons. The van der Waals surface area contributed by atoms with Crippen LogP contribution < -0.4 is 4.90 Å². The molecule has 0 spiro atoms. The van der Waals surface area contributed by atoms with Crippen molar-refractivity contribution < 1.29 is 9.21 Å². The van der Waals surface area contributed by atoms with Gasteiger partial charge in [0.1, 0.15) is 5.76 Å². The van der Waals surface area contributed by atoms with Crippen LogP contribution in [0.2, 0.25) is 0 Å². The quantitative estimate of drug-likeness (QED) is 0.845. The lowest BCUT2D eigenvalue weighted by molar-refractivity contribution is -0.131. The summed E-state index contributed by atoms with van der Waals surface area (Å²) in [5.74, 6) is 0.950. The van der Waals surface area contributed by atoms with Gasteiger partial charge in [-0.3, -0.25) is 9.69 Å². The zero-order valence-electron chi connectivity index (χ0n) is 14.4. The van der Waals surface area contributed by atoms with Crippen molar-refractivity contribution in [3.8, 4) is 0 Å². The van der Waals surface area contributed by atoms with E-state index in [2.05, 4.69) is 41.0 Å². The number of hydrogen-bond acceptors (Lipinski definition) is 4. The smallest absolute Gasteiger partial charge is 0.236 e. The molecule has 1 saturated heterocycles. The second-order valence-corrected chi connectivity index (χ2v) is 6.43. The Hall–Kier alpha value is -2.27. The molecule has 5 nitrogen and oxygen atoms in total. The Morgan fingerprint density at radius 3 is 2.62 bits per heavy atom.